The van der Waals surface area contributed by atoms with Gasteiger partial charge in [-0.25, -0.2) is 0 Å². The van der Waals surface area contributed by atoms with E-state index in [9.17, 15) is 14.5 Å². The minimum atomic E-state index is -0.621. The zero-order valence-corrected chi connectivity index (χ0v) is 21.9. The number of likely N-dealkylation sites (tertiary alicyclic amines) is 1. The third-order valence-corrected chi connectivity index (χ3v) is 6.93. The molecule has 2 rings (SSSR count). The van der Waals surface area contributed by atoms with Crippen LogP contribution < -0.4 is 5.32 Å². The Hall–Kier alpha value is -2.28. The molecule has 1 aromatic carbocycles. The summed E-state index contributed by atoms with van der Waals surface area (Å²) in [4.78, 5) is 39.5. The summed E-state index contributed by atoms with van der Waals surface area (Å²) in [6, 6.07) is 8.56. The number of benzene rings is 1. The van der Waals surface area contributed by atoms with Gasteiger partial charge in [0.25, 0.3) is 0 Å². The molecule has 0 spiro atoms. The first-order valence-electron chi connectivity index (χ1n) is 12.6. The SMILES string of the molecule is CCC(CC)C[C@H](NC(C)=O)[C@H]1[C@H](C(C)N=O)C[C@H](C(=O)OC(C)(C)C)N1Cc1ccccc1. The van der Waals surface area contributed by atoms with Crippen molar-refractivity contribution in [3.8, 4) is 0 Å². The fourth-order valence-corrected chi connectivity index (χ4v) is 5.21. The Labute approximate surface area is 205 Å². The van der Waals surface area contributed by atoms with Crippen LogP contribution in [-0.4, -0.2) is 46.5 Å². The highest BCUT2D eigenvalue weighted by Gasteiger charge is 2.51. The molecule has 1 aliphatic heterocycles. The molecule has 5 atom stereocenters. The van der Waals surface area contributed by atoms with Crippen LogP contribution in [0.3, 0.4) is 0 Å². The molecule has 7 nitrogen and oxygen atoms in total. The molecule has 0 saturated carbocycles. The van der Waals surface area contributed by atoms with E-state index in [1.54, 1.807) is 0 Å². The van der Waals surface area contributed by atoms with E-state index in [0.717, 1.165) is 24.8 Å². The molecule has 1 aromatic rings. The Morgan fingerprint density at radius 2 is 1.79 bits per heavy atom. The van der Waals surface area contributed by atoms with Gasteiger partial charge >= 0.3 is 5.97 Å². The van der Waals surface area contributed by atoms with Gasteiger partial charge in [-0.05, 0) is 52.0 Å². The second-order valence-corrected chi connectivity index (χ2v) is 10.7. The summed E-state index contributed by atoms with van der Waals surface area (Å²) in [6.45, 7) is 13.8. The third-order valence-electron chi connectivity index (χ3n) is 6.93. The predicted molar refractivity (Wildman–Crippen MR) is 135 cm³/mol. The molecule has 1 heterocycles. The van der Waals surface area contributed by atoms with Crippen molar-refractivity contribution in [2.24, 2.45) is 17.0 Å². The van der Waals surface area contributed by atoms with Crippen molar-refractivity contribution in [2.75, 3.05) is 0 Å². The van der Waals surface area contributed by atoms with Gasteiger partial charge in [0.1, 0.15) is 11.6 Å². The standard InChI is InChI=1S/C27H43N3O4/c1-8-20(9-2)15-23(28-19(4)31)25-22(18(3)29-33)16-24(26(32)34-27(5,6)7)30(25)17-21-13-11-10-12-14-21/h10-14,18,20,22-25H,8-9,15-17H2,1-7H3,(H,28,31)/t18?,22-,23-,24+,25+/m0/s1. The number of nitrogens with one attached hydrogen (secondary N) is 1. The largest absolute Gasteiger partial charge is 0.459 e. The van der Waals surface area contributed by atoms with Crippen LogP contribution in [-0.2, 0) is 20.9 Å². The highest BCUT2D eigenvalue weighted by atomic mass is 16.6. The van der Waals surface area contributed by atoms with E-state index >= 15 is 0 Å². The van der Waals surface area contributed by atoms with Gasteiger partial charge in [-0.15, -0.1) is 0 Å². The fraction of sp³-hybridized carbons (Fsp3) is 0.704. The summed E-state index contributed by atoms with van der Waals surface area (Å²) in [5.41, 5.74) is 0.446. The number of ether oxygens (including phenoxy) is 1. The first-order valence-corrected chi connectivity index (χ1v) is 12.6. The van der Waals surface area contributed by atoms with Crippen LogP contribution in [0.1, 0.15) is 79.7 Å². The van der Waals surface area contributed by atoms with Gasteiger partial charge in [0.05, 0.1) is 6.04 Å². The molecule has 0 radical (unpaired) electrons. The second kappa shape index (κ2) is 12.4. The van der Waals surface area contributed by atoms with Crippen LogP contribution in [0.2, 0.25) is 0 Å². The molecule has 0 bridgehead atoms. The van der Waals surface area contributed by atoms with Crippen molar-refractivity contribution in [1.29, 1.82) is 0 Å². The molecule has 34 heavy (non-hydrogen) atoms. The molecule has 1 saturated heterocycles. The van der Waals surface area contributed by atoms with E-state index in [1.165, 1.54) is 6.92 Å². The molecule has 190 valence electrons. The maximum absolute atomic E-state index is 13.4. The summed E-state index contributed by atoms with van der Waals surface area (Å²) in [5.74, 6) is -0.152. The first-order chi connectivity index (χ1) is 16.0. The number of nitrogens with zero attached hydrogens (tertiary/aromatic N) is 2. The van der Waals surface area contributed by atoms with Gasteiger partial charge in [0.15, 0.2) is 0 Å². The van der Waals surface area contributed by atoms with E-state index in [0.29, 0.717) is 18.9 Å². The van der Waals surface area contributed by atoms with Crippen molar-refractivity contribution in [3.63, 3.8) is 0 Å². The number of rotatable bonds is 11. The minimum absolute atomic E-state index is 0.109. The van der Waals surface area contributed by atoms with Gasteiger partial charge in [0.2, 0.25) is 5.91 Å². The van der Waals surface area contributed by atoms with Crippen LogP contribution in [0.4, 0.5) is 0 Å². The third kappa shape index (κ3) is 7.62. The number of esters is 1. The normalized spacial score (nSPS) is 22.9. The zero-order valence-electron chi connectivity index (χ0n) is 21.9. The molecule has 1 fully saturated rings. The quantitative estimate of drug-likeness (QED) is 0.358. The molecule has 1 unspecified atom stereocenters. The van der Waals surface area contributed by atoms with E-state index in [1.807, 2.05) is 58.0 Å². The highest BCUT2D eigenvalue weighted by Crippen LogP contribution is 2.39. The van der Waals surface area contributed by atoms with Gasteiger partial charge in [-0.2, -0.15) is 4.91 Å². The van der Waals surface area contributed by atoms with Gasteiger partial charge in [0, 0.05) is 31.5 Å². The lowest BCUT2D eigenvalue weighted by molar-refractivity contribution is -0.161. The number of carbonyl (C=O) groups is 2. The van der Waals surface area contributed by atoms with E-state index in [-0.39, 0.29) is 29.9 Å². The Morgan fingerprint density at radius 3 is 2.29 bits per heavy atom. The first kappa shape index (κ1) is 28.0. The Morgan fingerprint density at radius 1 is 1.18 bits per heavy atom. The average Bonchev–Trinajstić information content (AvgIpc) is 3.14. The van der Waals surface area contributed by atoms with Crippen molar-refractivity contribution >= 4 is 11.9 Å². The summed E-state index contributed by atoms with van der Waals surface area (Å²) in [5, 5.41) is 6.55. The lowest BCUT2D eigenvalue weighted by Gasteiger charge is -2.39. The van der Waals surface area contributed by atoms with Gasteiger partial charge in [-0.1, -0.05) is 62.2 Å². The van der Waals surface area contributed by atoms with E-state index in [2.05, 4.69) is 29.2 Å². The number of nitroso groups, excluding NO2 is 1. The van der Waals surface area contributed by atoms with Crippen LogP contribution in [0.25, 0.3) is 0 Å². The van der Waals surface area contributed by atoms with Gasteiger partial charge in [-0.3, -0.25) is 14.5 Å². The number of hydrogen-bond acceptors (Lipinski definition) is 6. The summed E-state index contributed by atoms with van der Waals surface area (Å²) in [7, 11) is 0. The Bertz CT molecular complexity index is 804. The number of carbonyl (C=O) groups excluding carboxylic acids is 2. The molecule has 7 heteroatoms. The maximum Gasteiger partial charge on any atom is 0.323 e. The predicted octanol–water partition coefficient (Wildman–Crippen LogP) is 5.07. The number of amides is 1. The van der Waals surface area contributed by atoms with E-state index < -0.39 is 17.7 Å². The summed E-state index contributed by atoms with van der Waals surface area (Å²) < 4.78 is 5.81. The number of hydrogen-bond donors (Lipinski definition) is 1. The lowest BCUT2D eigenvalue weighted by atomic mass is 9.83. The van der Waals surface area contributed by atoms with Crippen LogP contribution in [0, 0.1) is 16.7 Å². The zero-order chi connectivity index (χ0) is 25.5. The molecular weight excluding hydrogens is 430 g/mol. The van der Waals surface area contributed by atoms with Crippen molar-refractivity contribution < 1.29 is 14.3 Å². The van der Waals surface area contributed by atoms with Crippen LogP contribution in [0.5, 0.6) is 0 Å². The smallest absolute Gasteiger partial charge is 0.323 e. The van der Waals surface area contributed by atoms with Gasteiger partial charge < -0.3 is 10.1 Å². The summed E-state index contributed by atoms with van der Waals surface area (Å²) >= 11 is 0. The monoisotopic (exact) mass is 473 g/mol. The van der Waals surface area contributed by atoms with Crippen LogP contribution >= 0.6 is 0 Å². The molecule has 0 aromatic heterocycles. The molecule has 1 N–H and O–H groups in total. The fourth-order valence-electron chi connectivity index (χ4n) is 5.21. The average molecular weight is 474 g/mol. The maximum atomic E-state index is 13.4. The summed E-state index contributed by atoms with van der Waals surface area (Å²) in [6.07, 6.45) is 3.25. The highest BCUT2D eigenvalue weighted by molar-refractivity contribution is 5.77. The van der Waals surface area contributed by atoms with Crippen molar-refractivity contribution in [2.45, 2.75) is 110 Å². The topological polar surface area (TPSA) is 88.1 Å². The van der Waals surface area contributed by atoms with Crippen molar-refractivity contribution in [1.82, 2.24) is 10.2 Å². The molecule has 0 aliphatic carbocycles. The van der Waals surface area contributed by atoms with Crippen LogP contribution in [0.15, 0.2) is 35.5 Å². The van der Waals surface area contributed by atoms with Crippen molar-refractivity contribution in [3.05, 3.63) is 40.8 Å². The second-order valence-electron chi connectivity index (χ2n) is 10.7. The Kier molecular flexibility index (Phi) is 10.2. The molecule has 1 aliphatic rings. The minimum Gasteiger partial charge on any atom is -0.459 e. The molecule has 1 amide bonds. The lowest BCUT2D eigenvalue weighted by Crippen LogP contribution is -2.55. The van der Waals surface area contributed by atoms with E-state index in [4.69, 9.17) is 4.74 Å². The Balaban J connectivity index is 2.55. The molecular formula is C27H43N3O4.